The van der Waals surface area contributed by atoms with Crippen LogP contribution in [0.4, 0.5) is 27.4 Å². The van der Waals surface area contributed by atoms with E-state index in [0.29, 0.717) is 29.2 Å². The standard InChI is InChI=1S/C26H30FN7O2/c1-16-12-20(27)19(14-21(16)36-5)24(28)23-25(29)30-15-31-26(23)32-17-8-6-9-18(13-17)34(4)22(35)10-7-11-33(2)3/h6-10,12-15,28H,11H2,1-5H3,(H3,29,30,31,32)/b10-7+,28-24?. The second-order valence-electron chi connectivity index (χ2n) is 8.40. The molecule has 10 heteroatoms. The highest BCUT2D eigenvalue weighted by Crippen LogP contribution is 2.30. The van der Waals surface area contributed by atoms with Gasteiger partial charge in [0, 0.05) is 36.6 Å². The molecule has 1 heterocycles. The van der Waals surface area contributed by atoms with E-state index >= 15 is 0 Å². The Labute approximate surface area is 209 Å². The summed E-state index contributed by atoms with van der Waals surface area (Å²) in [5.74, 6) is -0.0704. The SMILES string of the molecule is COc1cc(C(=N)c2c(N)ncnc2Nc2cccc(N(C)C(=O)/C=C/CN(C)C)c2)c(F)cc1C. The molecule has 0 atom stereocenters. The Kier molecular flexibility index (Phi) is 8.34. The summed E-state index contributed by atoms with van der Waals surface area (Å²) in [4.78, 5) is 24.2. The van der Waals surface area contributed by atoms with Gasteiger partial charge in [-0.25, -0.2) is 14.4 Å². The smallest absolute Gasteiger partial charge is 0.250 e. The first-order chi connectivity index (χ1) is 17.1. The number of carbonyl (C=O) groups excluding carboxylic acids is 1. The van der Waals surface area contributed by atoms with E-state index in [9.17, 15) is 9.18 Å². The van der Waals surface area contributed by atoms with Gasteiger partial charge in [0.2, 0.25) is 5.91 Å². The number of nitrogens with zero attached hydrogens (tertiary/aromatic N) is 4. The molecule has 9 nitrogen and oxygen atoms in total. The van der Waals surface area contributed by atoms with Crippen molar-refractivity contribution in [2.45, 2.75) is 6.92 Å². The number of methoxy groups -OCH3 is 1. The van der Waals surface area contributed by atoms with Crippen LogP contribution < -0.4 is 20.7 Å². The summed E-state index contributed by atoms with van der Waals surface area (Å²) < 4.78 is 20.1. The van der Waals surface area contributed by atoms with E-state index in [1.807, 2.05) is 19.0 Å². The molecule has 1 amide bonds. The van der Waals surface area contributed by atoms with Crippen LogP contribution in [0.1, 0.15) is 16.7 Å². The first kappa shape index (κ1) is 26.3. The highest BCUT2D eigenvalue weighted by molar-refractivity contribution is 6.16. The van der Waals surface area contributed by atoms with Crippen molar-refractivity contribution in [1.29, 1.82) is 5.41 Å². The molecule has 0 aliphatic rings. The molecular formula is C26H30FN7O2. The first-order valence-electron chi connectivity index (χ1n) is 11.1. The highest BCUT2D eigenvalue weighted by atomic mass is 19.1. The maximum absolute atomic E-state index is 14.8. The van der Waals surface area contributed by atoms with Crippen molar-refractivity contribution in [3.63, 3.8) is 0 Å². The van der Waals surface area contributed by atoms with Crippen LogP contribution in [0.15, 0.2) is 54.9 Å². The highest BCUT2D eigenvalue weighted by Gasteiger charge is 2.21. The van der Waals surface area contributed by atoms with Crippen molar-refractivity contribution in [2.75, 3.05) is 50.7 Å². The fraction of sp³-hybridized carbons (Fsp3) is 0.231. The molecule has 188 valence electrons. The number of hydrogen-bond donors (Lipinski definition) is 3. The van der Waals surface area contributed by atoms with Gasteiger partial charge in [0.25, 0.3) is 0 Å². The summed E-state index contributed by atoms with van der Waals surface area (Å²) in [6.07, 6.45) is 4.58. The number of aryl methyl sites for hydroxylation is 1. The number of rotatable bonds is 9. The quantitative estimate of drug-likeness (QED) is 0.308. The number of ether oxygens (including phenoxy) is 1. The third kappa shape index (κ3) is 6.02. The molecule has 0 unspecified atom stereocenters. The molecule has 3 rings (SSSR count). The van der Waals surface area contributed by atoms with E-state index in [1.165, 1.54) is 36.5 Å². The minimum Gasteiger partial charge on any atom is -0.496 e. The van der Waals surface area contributed by atoms with E-state index in [-0.39, 0.29) is 34.4 Å². The lowest BCUT2D eigenvalue weighted by Gasteiger charge is -2.18. The Bertz CT molecular complexity index is 1310. The lowest BCUT2D eigenvalue weighted by Crippen LogP contribution is -2.24. The Morgan fingerprint density at radius 2 is 1.97 bits per heavy atom. The summed E-state index contributed by atoms with van der Waals surface area (Å²) in [6, 6.07) is 9.89. The second-order valence-corrected chi connectivity index (χ2v) is 8.40. The Morgan fingerprint density at radius 3 is 2.67 bits per heavy atom. The molecule has 4 N–H and O–H groups in total. The number of carbonyl (C=O) groups is 1. The third-order valence-corrected chi connectivity index (χ3v) is 5.44. The molecule has 0 aliphatic carbocycles. The molecule has 0 saturated heterocycles. The molecule has 1 aromatic heterocycles. The van der Waals surface area contributed by atoms with E-state index in [2.05, 4.69) is 15.3 Å². The Balaban J connectivity index is 1.92. The second kappa shape index (κ2) is 11.4. The summed E-state index contributed by atoms with van der Waals surface area (Å²) in [7, 11) is 7.00. The monoisotopic (exact) mass is 491 g/mol. The summed E-state index contributed by atoms with van der Waals surface area (Å²) in [5.41, 5.74) is 7.90. The third-order valence-electron chi connectivity index (χ3n) is 5.44. The molecule has 0 saturated carbocycles. The molecule has 36 heavy (non-hydrogen) atoms. The van der Waals surface area contributed by atoms with Gasteiger partial charge in [0.1, 0.15) is 29.5 Å². The van der Waals surface area contributed by atoms with Gasteiger partial charge >= 0.3 is 0 Å². The van der Waals surface area contributed by atoms with Crippen LogP contribution in [0, 0.1) is 18.2 Å². The van der Waals surface area contributed by atoms with Crippen LogP contribution in [0.2, 0.25) is 0 Å². The van der Waals surface area contributed by atoms with Crippen molar-refractivity contribution >= 4 is 34.6 Å². The van der Waals surface area contributed by atoms with E-state index in [1.54, 1.807) is 44.3 Å². The lowest BCUT2D eigenvalue weighted by molar-refractivity contribution is -0.113. The van der Waals surface area contributed by atoms with Crippen molar-refractivity contribution in [1.82, 2.24) is 14.9 Å². The molecule has 0 fully saturated rings. The van der Waals surface area contributed by atoms with Crippen molar-refractivity contribution in [2.24, 2.45) is 0 Å². The number of halogens is 1. The Morgan fingerprint density at radius 1 is 1.22 bits per heavy atom. The van der Waals surface area contributed by atoms with E-state index < -0.39 is 5.82 Å². The molecule has 0 aliphatic heterocycles. The van der Waals surface area contributed by atoms with Crippen molar-refractivity contribution in [3.8, 4) is 5.75 Å². The number of aromatic nitrogens is 2. The summed E-state index contributed by atoms with van der Waals surface area (Å²) in [6.45, 7) is 2.37. The van der Waals surface area contributed by atoms with Crippen LogP contribution in [-0.4, -0.2) is 61.3 Å². The van der Waals surface area contributed by atoms with Gasteiger partial charge in [-0.15, -0.1) is 0 Å². The number of anilines is 4. The van der Waals surface area contributed by atoms with Gasteiger partial charge in [0.15, 0.2) is 0 Å². The van der Waals surface area contributed by atoms with E-state index in [4.69, 9.17) is 15.9 Å². The number of nitrogens with two attached hydrogens (primary N) is 1. The number of benzene rings is 2. The van der Waals surface area contributed by atoms with Gasteiger partial charge in [-0.05, 0) is 56.9 Å². The van der Waals surface area contributed by atoms with Crippen LogP contribution in [-0.2, 0) is 4.79 Å². The predicted octanol–water partition coefficient (Wildman–Crippen LogP) is 3.76. The number of hydrogen-bond acceptors (Lipinski definition) is 8. The Hall–Kier alpha value is -4.31. The fourth-order valence-electron chi connectivity index (χ4n) is 3.47. The number of nitrogens with one attached hydrogen (secondary N) is 2. The topological polar surface area (TPSA) is 120 Å². The predicted molar refractivity (Wildman–Crippen MR) is 141 cm³/mol. The molecule has 2 aromatic carbocycles. The lowest BCUT2D eigenvalue weighted by atomic mass is 10.0. The van der Waals surface area contributed by atoms with Gasteiger partial charge in [-0.2, -0.15) is 0 Å². The van der Waals surface area contributed by atoms with Crippen molar-refractivity contribution < 1.29 is 13.9 Å². The van der Waals surface area contributed by atoms with Gasteiger partial charge in [-0.1, -0.05) is 12.1 Å². The average molecular weight is 492 g/mol. The first-order valence-corrected chi connectivity index (χ1v) is 11.1. The minimum absolute atomic E-state index is 0.00518. The van der Waals surface area contributed by atoms with Crippen LogP contribution in [0.5, 0.6) is 5.75 Å². The fourth-order valence-corrected chi connectivity index (χ4v) is 3.47. The van der Waals surface area contributed by atoms with Crippen LogP contribution in [0.3, 0.4) is 0 Å². The van der Waals surface area contributed by atoms with Gasteiger partial charge in [-0.3, -0.25) is 10.2 Å². The maximum Gasteiger partial charge on any atom is 0.250 e. The normalized spacial score (nSPS) is 11.1. The average Bonchev–Trinajstić information content (AvgIpc) is 2.83. The summed E-state index contributed by atoms with van der Waals surface area (Å²) >= 11 is 0. The number of amides is 1. The molecule has 0 radical (unpaired) electrons. The summed E-state index contributed by atoms with van der Waals surface area (Å²) in [5, 5.41) is 11.8. The van der Waals surface area contributed by atoms with Crippen LogP contribution in [0.25, 0.3) is 0 Å². The minimum atomic E-state index is -0.586. The number of likely N-dealkylation sites (N-methyl/N-ethyl adjacent to an activating group) is 2. The molecule has 0 bridgehead atoms. The molecule has 3 aromatic rings. The van der Waals surface area contributed by atoms with E-state index in [0.717, 1.165) is 0 Å². The van der Waals surface area contributed by atoms with Crippen molar-refractivity contribution in [3.05, 3.63) is 77.4 Å². The van der Waals surface area contributed by atoms with Gasteiger partial charge in [0.05, 0.1) is 18.4 Å². The van der Waals surface area contributed by atoms with Crippen LogP contribution >= 0.6 is 0 Å². The largest absolute Gasteiger partial charge is 0.496 e. The molecular weight excluding hydrogens is 461 g/mol. The molecule has 0 spiro atoms. The van der Waals surface area contributed by atoms with Gasteiger partial charge < -0.3 is 25.6 Å². The maximum atomic E-state index is 14.8. The zero-order valence-electron chi connectivity index (χ0n) is 21.0. The zero-order chi connectivity index (χ0) is 26.4. The number of nitrogen functional groups attached to an aromatic ring is 1. The zero-order valence-corrected chi connectivity index (χ0v) is 21.0.